The van der Waals surface area contributed by atoms with Gasteiger partial charge in [0, 0.05) is 47.9 Å². The van der Waals surface area contributed by atoms with Crippen molar-refractivity contribution in [3.05, 3.63) is 225 Å². The monoisotopic (exact) mass is 1330 g/mol. The molecule has 91 heavy (non-hydrogen) atoms. The van der Waals surface area contributed by atoms with Gasteiger partial charge in [0.2, 0.25) is 0 Å². The summed E-state index contributed by atoms with van der Waals surface area (Å²) in [7, 11) is 0. The molecule has 0 N–H and O–H groups in total. The Bertz CT molecular complexity index is 3910. The van der Waals surface area contributed by atoms with Crippen LogP contribution in [0.15, 0.2) is 197 Å². The van der Waals surface area contributed by atoms with Gasteiger partial charge in [-0.3, -0.25) is 0 Å². The molecular formula is C87H100Br2N2. The van der Waals surface area contributed by atoms with E-state index in [1.807, 2.05) is 0 Å². The number of fused-ring (bicyclic) bond motifs is 6. The molecule has 0 saturated carbocycles. The highest BCUT2D eigenvalue weighted by Gasteiger charge is 2.43. The number of hydrogen-bond donors (Lipinski definition) is 0. The third kappa shape index (κ3) is 15.5. The molecule has 1 heterocycles. The quantitative estimate of drug-likeness (QED) is 0.0365. The standard InChI is InChI=1S/C87H100Br2N2/c1-6-11-16-20-22-29-56-87(57-30-23-21-17-12-7-2)81-59-70(68-42-50-75(51-43-68)90(76-52-46-73(88)47-53-76)74-48-40-67(41-49-74)66-38-36-64(37-39-66)31-15-10-5)44-54-77(81)78-63-86-80(62-82(78)87)79-58-69(65-32-27-24-28-33-65)45-55-84(79)91(86)85-61-71(34-25-18-13-8-3)83(89)60-72(85)35-26-19-14-9-4/h24,27-28,32-33,36-55,58-63H,6-23,25-26,29-31,34-35,56-57H2,1-5H3. The molecule has 2 nitrogen and oxygen atoms in total. The SMILES string of the molecule is CCCCCCCCC1(CCCCCCCC)c2cc(-c3ccc(N(c4ccc(Br)cc4)c4ccc(-c5ccc(CCCC)cc5)cc4)cc3)ccc2-c2cc3c(cc21)c1cc(-c2ccccc2)ccc1n3-c1cc(CCCCCC)c(Br)cc1CCCCCC. The highest BCUT2D eigenvalue weighted by atomic mass is 79.9. The molecule has 0 atom stereocenters. The van der Waals surface area contributed by atoms with Crippen molar-refractivity contribution >= 4 is 70.7 Å². The summed E-state index contributed by atoms with van der Waals surface area (Å²) in [4.78, 5) is 2.40. The van der Waals surface area contributed by atoms with Crippen molar-refractivity contribution in [1.82, 2.24) is 4.57 Å². The zero-order chi connectivity index (χ0) is 62.9. The van der Waals surface area contributed by atoms with Crippen LogP contribution in [-0.2, 0) is 24.7 Å². The van der Waals surface area contributed by atoms with Crippen LogP contribution in [0.2, 0.25) is 0 Å². The molecule has 1 aliphatic rings. The Morgan fingerprint density at radius 2 is 0.802 bits per heavy atom. The fourth-order valence-corrected chi connectivity index (χ4v) is 15.8. The summed E-state index contributed by atoms with van der Waals surface area (Å²) in [5.74, 6) is 0. The third-order valence-corrected chi connectivity index (χ3v) is 21.4. The van der Waals surface area contributed by atoms with E-state index >= 15 is 0 Å². The Kier molecular flexibility index (Phi) is 23.5. The minimum absolute atomic E-state index is 0.120. The van der Waals surface area contributed by atoms with Crippen LogP contribution in [0.1, 0.15) is 217 Å². The largest absolute Gasteiger partial charge is 0.311 e. The molecule has 0 bridgehead atoms. The molecule has 10 aromatic rings. The summed E-state index contributed by atoms with van der Waals surface area (Å²) >= 11 is 7.91. The lowest BCUT2D eigenvalue weighted by molar-refractivity contribution is 0.398. The highest BCUT2D eigenvalue weighted by molar-refractivity contribution is 9.10. The predicted octanol–water partition coefficient (Wildman–Crippen LogP) is 28.1. The maximum Gasteiger partial charge on any atom is 0.0547 e. The van der Waals surface area contributed by atoms with Crippen molar-refractivity contribution in [3.8, 4) is 50.2 Å². The summed E-state index contributed by atoms with van der Waals surface area (Å²) in [5.41, 5.74) is 25.1. The van der Waals surface area contributed by atoms with E-state index < -0.39 is 0 Å². The molecule has 0 saturated heterocycles. The second kappa shape index (κ2) is 32.4. The van der Waals surface area contributed by atoms with Crippen LogP contribution in [0.4, 0.5) is 17.1 Å². The first kappa shape index (κ1) is 66.0. The molecule has 0 amide bonds. The molecular weight excluding hydrogens is 1230 g/mol. The van der Waals surface area contributed by atoms with Crippen LogP contribution in [0.5, 0.6) is 0 Å². The number of aryl methyl sites for hydroxylation is 3. The minimum Gasteiger partial charge on any atom is -0.311 e. The Hall–Kier alpha value is -6.46. The van der Waals surface area contributed by atoms with Gasteiger partial charge < -0.3 is 9.47 Å². The van der Waals surface area contributed by atoms with Gasteiger partial charge in [-0.25, -0.2) is 0 Å². The smallest absolute Gasteiger partial charge is 0.0547 e. The van der Waals surface area contributed by atoms with Gasteiger partial charge in [0.1, 0.15) is 0 Å². The molecule has 1 aliphatic carbocycles. The van der Waals surface area contributed by atoms with Gasteiger partial charge in [0.25, 0.3) is 0 Å². The molecule has 9 aromatic carbocycles. The molecule has 0 spiro atoms. The zero-order valence-electron chi connectivity index (χ0n) is 55.6. The van der Waals surface area contributed by atoms with Crippen molar-refractivity contribution < 1.29 is 0 Å². The lowest BCUT2D eigenvalue weighted by Crippen LogP contribution is -2.25. The summed E-state index contributed by atoms with van der Waals surface area (Å²) in [5, 5.41) is 2.74. The van der Waals surface area contributed by atoms with Gasteiger partial charge in [-0.15, -0.1) is 0 Å². The van der Waals surface area contributed by atoms with Crippen LogP contribution in [0.3, 0.4) is 0 Å². The van der Waals surface area contributed by atoms with Gasteiger partial charge in [-0.1, -0.05) is 286 Å². The van der Waals surface area contributed by atoms with Crippen LogP contribution >= 0.6 is 31.9 Å². The number of hydrogen-bond acceptors (Lipinski definition) is 1. The van der Waals surface area contributed by atoms with E-state index in [1.165, 1.54) is 234 Å². The first-order valence-corrected chi connectivity index (χ1v) is 37.3. The number of halogens is 2. The number of aromatic nitrogens is 1. The topological polar surface area (TPSA) is 8.17 Å². The molecule has 0 unspecified atom stereocenters. The van der Waals surface area contributed by atoms with E-state index in [0.29, 0.717) is 0 Å². The number of rotatable bonds is 34. The number of nitrogens with zero attached hydrogens (tertiary/aromatic N) is 2. The zero-order valence-corrected chi connectivity index (χ0v) is 58.8. The lowest BCUT2D eigenvalue weighted by Gasteiger charge is -2.33. The van der Waals surface area contributed by atoms with Crippen molar-refractivity contribution in [3.63, 3.8) is 0 Å². The second-order valence-electron chi connectivity index (χ2n) is 26.6. The fraction of sp³-hybridized carbons (Fsp3) is 0.379. The highest BCUT2D eigenvalue weighted by Crippen LogP contribution is 2.57. The van der Waals surface area contributed by atoms with Gasteiger partial charge in [-0.05, 0) is 215 Å². The van der Waals surface area contributed by atoms with Crippen LogP contribution in [0.25, 0.3) is 72.0 Å². The summed E-state index contributed by atoms with van der Waals surface area (Å²) in [6.07, 6.45) is 33.5. The van der Waals surface area contributed by atoms with E-state index in [4.69, 9.17) is 0 Å². The third-order valence-electron chi connectivity index (χ3n) is 20.1. The first-order chi connectivity index (χ1) is 44.7. The van der Waals surface area contributed by atoms with Gasteiger partial charge in [-0.2, -0.15) is 0 Å². The Labute approximate surface area is 564 Å². The summed E-state index contributed by atoms with van der Waals surface area (Å²) in [6.45, 7) is 11.6. The molecule has 0 aliphatic heterocycles. The molecule has 472 valence electrons. The van der Waals surface area contributed by atoms with E-state index in [-0.39, 0.29) is 5.41 Å². The van der Waals surface area contributed by atoms with Crippen LogP contribution in [-0.4, -0.2) is 4.57 Å². The maximum absolute atomic E-state index is 4.17. The maximum atomic E-state index is 4.17. The fourth-order valence-electron chi connectivity index (χ4n) is 15.0. The molecule has 1 aromatic heterocycles. The van der Waals surface area contributed by atoms with Crippen LogP contribution < -0.4 is 4.90 Å². The lowest BCUT2D eigenvalue weighted by atomic mass is 9.70. The molecule has 4 heteroatoms. The first-order valence-electron chi connectivity index (χ1n) is 35.8. The second-order valence-corrected chi connectivity index (χ2v) is 28.4. The van der Waals surface area contributed by atoms with E-state index in [2.05, 4.69) is 264 Å². The normalized spacial score (nSPS) is 12.5. The van der Waals surface area contributed by atoms with Gasteiger partial charge in [0.05, 0.1) is 11.0 Å². The number of benzene rings is 9. The van der Waals surface area contributed by atoms with Crippen LogP contribution in [0, 0.1) is 0 Å². The summed E-state index contributed by atoms with van der Waals surface area (Å²) < 4.78 is 5.06. The van der Waals surface area contributed by atoms with Crippen molar-refractivity contribution in [2.24, 2.45) is 0 Å². The average molecular weight is 1330 g/mol. The Balaban J connectivity index is 1.06. The summed E-state index contributed by atoms with van der Waals surface area (Å²) in [6, 6.07) is 73.2. The van der Waals surface area contributed by atoms with Gasteiger partial charge in [0.15, 0.2) is 0 Å². The predicted molar refractivity (Wildman–Crippen MR) is 404 cm³/mol. The number of anilines is 3. The average Bonchev–Trinajstić information content (AvgIpc) is 1.54. The minimum atomic E-state index is -0.120. The van der Waals surface area contributed by atoms with E-state index in [9.17, 15) is 0 Å². The van der Waals surface area contributed by atoms with Crippen molar-refractivity contribution in [2.75, 3.05) is 4.90 Å². The Morgan fingerprint density at radius 1 is 0.341 bits per heavy atom. The van der Waals surface area contributed by atoms with Crippen molar-refractivity contribution in [1.29, 1.82) is 0 Å². The number of unbranched alkanes of at least 4 members (excludes halogenated alkanes) is 17. The molecule has 11 rings (SSSR count). The Morgan fingerprint density at radius 3 is 1.40 bits per heavy atom. The van der Waals surface area contributed by atoms with E-state index in [0.717, 1.165) is 53.6 Å². The molecule has 0 radical (unpaired) electrons. The van der Waals surface area contributed by atoms with Crippen molar-refractivity contribution in [2.45, 2.75) is 213 Å². The van der Waals surface area contributed by atoms with E-state index in [1.54, 1.807) is 11.1 Å². The molecule has 0 fully saturated rings. The van der Waals surface area contributed by atoms with Gasteiger partial charge >= 0.3 is 0 Å².